The summed E-state index contributed by atoms with van der Waals surface area (Å²) in [5.41, 5.74) is 1.62. The van der Waals surface area contributed by atoms with Crippen LogP contribution < -0.4 is 0 Å². The Bertz CT molecular complexity index is 2290. The van der Waals surface area contributed by atoms with Crippen molar-refractivity contribution < 1.29 is 56.6 Å². The first kappa shape index (κ1) is 40.3. The van der Waals surface area contributed by atoms with E-state index >= 15 is 0 Å². The zero-order chi connectivity index (χ0) is 39.1. The molecule has 18 nitrogen and oxygen atoms in total. The van der Waals surface area contributed by atoms with E-state index in [-0.39, 0.29) is 73.5 Å². The number of aromatic nitrogens is 4. The molecule has 0 aliphatic carbocycles. The van der Waals surface area contributed by atoms with Gasteiger partial charge in [0.1, 0.15) is 0 Å². The Balaban J connectivity index is 0.000000240. The predicted molar refractivity (Wildman–Crippen MR) is 195 cm³/mol. The molecule has 19 heteroatoms. The van der Waals surface area contributed by atoms with Gasteiger partial charge in [0.05, 0.1) is 66.2 Å². The summed E-state index contributed by atoms with van der Waals surface area (Å²) in [6, 6.07) is 24.4. The molecule has 4 N–H and O–H groups in total. The normalized spacial score (nSPS) is 10.8. The van der Waals surface area contributed by atoms with Crippen molar-refractivity contribution in [3.05, 3.63) is 151 Å². The van der Waals surface area contributed by atoms with Crippen molar-refractivity contribution in [2.75, 3.05) is 0 Å². The molecule has 0 aliphatic rings. The van der Waals surface area contributed by atoms with E-state index in [1.54, 1.807) is 62.4 Å². The molecule has 0 saturated carbocycles. The number of carboxylic acid groups (broad SMARTS) is 2. The van der Waals surface area contributed by atoms with Crippen LogP contribution in [0.4, 0.5) is 22.7 Å². The second-order valence-corrected chi connectivity index (χ2v) is 11.2. The summed E-state index contributed by atoms with van der Waals surface area (Å²) < 4.78 is 2.64. The number of rotatable bonds is 10. The standard InChI is InChI=1S/2C18H14N4O5.Co/c2*1-11-15(17(23)21(20-11)12-5-3-2-4-6-12)10-19-16-9-13(22(26)27)7-8-14(16)18(24)25;/h2*2-10,23H,1H3,(H,24,25);. The number of carboxylic acids is 2. The molecule has 0 amide bonds. The average Bonchev–Trinajstić information content (AvgIpc) is 3.61. The van der Waals surface area contributed by atoms with Crippen LogP contribution in [-0.2, 0) is 16.8 Å². The van der Waals surface area contributed by atoms with Gasteiger partial charge in [-0.05, 0) is 50.2 Å². The van der Waals surface area contributed by atoms with E-state index in [9.17, 15) is 50.2 Å². The Labute approximate surface area is 320 Å². The van der Waals surface area contributed by atoms with Crippen molar-refractivity contribution in [1.29, 1.82) is 0 Å². The summed E-state index contributed by atoms with van der Waals surface area (Å²) in [6.45, 7) is 3.32. The molecular weight excluding hydrogens is 763 g/mol. The van der Waals surface area contributed by atoms with Gasteiger partial charge in [0.2, 0.25) is 11.8 Å². The molecule has 0 fully saturated rings. The number of nitro groups is 2. The minimum absolute atomic E-state index is 0. The van der Waals surface area contributed by atoms with E-state index in [4.69, 9.17) is 0 Å². The number of aliphatic imine (C=N–C) groups is 2. The zero-order valence-electron chi connectivity index (χ0n) is 28.5. The number of carbonyl (C=O) groups is 2. The smallest absolute Gasteiger partial charge is 0.337 e. The molecule has 0 aliphatic heterocycles. The Morgan fingerprint density at radius 2 is 0.982 bits per heavy atom. The van der Waals surface area contributed by atoms with Crippen LogP contribution in [-0.4, -0.2) is 74.2 Å². The van der Waals surface area contributed by atoms with Gasteiger partial charge in [0, 0.05) is 53.5 Å². The van der Waals surface area contributed by atoms with Crippen LogP contribution in [0.2, 0.25) is 0 Å². The number of hydrogen-bond acceptors (Lipinski definition) is 12. The fourth-order valence-corrected chi connectivity index (χ4v) is 4.97. The van der Waals surface area contributed by atoms with Crippen LogP contribution in [0.5, 0.6) is 11.8 Å². The molecule has 281 valence electrons. The van der Waals surface area contributed by atoms with Gasteiger partial charge in [-0.3, -0.25) is 30.2 Å². The number of para-hydroxylation sites is 2. The maximum atomic E-state index is 11.3. The molecule has 55 heavy (non-hydrogen) atoms. The van der Waals surface area contributed by atoms with Crippen LogP contribution >= 0.6 is 0 Å². The van der Waals surface area contributed by atoms with Crippen LogP contribution in [0.25, 0.3) is 11.4 Å². The van der Waals surface area contributed by atoms with Crippen LogP contribution in [0.3, 0.4) is 0 Å². The molecular formula is C36H28CoN8O10. The molecule has 2 heterocycles. The first-order chi connectivity index (χ1) is 25.8. The van der Waals surface area contributed by atoms with Gasteiger partial charge in [-0.1, -0.05) is 36.4 Å². The second-order valence-electron chi connectivity index (χ2n) is 11.2. The van der Waals surface area contributed by atoms with Gasteiger partial charge in [-0.2, -0.15) is 10.2 Å². The number of aromatic carboxylic acids is 2. The molecule has 0 bridgehead atoms. The number of nitro benzene ring substituents is 2. The predicted octanol–water partition coefficient (Wildman–Crippen LogP) is 6.48. The number of hydrogen-bond donors (Lipinski definition) is 4. The summed E-state index contributed by atoms with van der Waals surface area (Å²) >= 11 is 0. The van der Waals surface area contributed by atoms with E-state index in [2.05, 4.69) is 20.2 Å². The number of non-ortho nitro benzene ring substituents is 2. The first-order valence-corrected chi connectivity index (χ1v) is 15.6. The van der Waals surface area contributed by atoms with Gasteiger partial charge in [-0.25, -0.2) is 19.0 Å². The van der Waals surface area contributed by atoms with Crippen molar-refractivity contribution in [2.24, 2.45) is 9.98 Å². The molecule has 0 spiro atoms. The summed E-state index contributed by atoms with van der Waals surface area (Å²) in [7, 11) is 0. The summed E-state index contributed by atoms with van der Waals surface area (Å²) in [6.07, 6.45) is 2.48. The number of aryl methyl sites for hydroxylation is 2. The van der Waals surface area contributed by atoms with Crippen LogP contribution in [0, 0.1) is 34.1 Å². The van der Waals surface area contributed by atoms with Crippen molar-refractivity contribution >= 4 is 47.1 Å². The fourth-order valence-electron chi connectivity index (χ4n) is 4.97. The maximum absolute atomic E-state index is 11.3. The Hall–Kier alpha value is -7.51. The Morgan fingerprint density at radius 3 is 1.29 bits per heavy atom. The first-order valence-electron chi connectivity index (χ1n) is 15.6. The number of nitrogens with zero attached hydrogens (tertiary/aromatic N) is 8. The quantitative estimate of drug-likeness (QED) is 0.0660. The maximum Gasteiger partial charge on any atom is 0.337 e. The molecule has 0 unspecified atom stereocenters. The summed E-state index contributed by atoms with van der Waals surface area (Å²) in [4.78, 5) is 51.3. The fraction of sp³-hybridized carbons (Fsp3) is 0.0556. The molecule has 0 saturated heterocycles. The minimum Gasteiger partial charge on any atom is -0.493 e. The zero-order valence-corrected chi connectivity index (χ0v) is 29.6. The monoisotopic (exact) mass is 791 g/mol. The molecule has 0 atom stereocenters. The third-order valence-electron chi connectivity index (χ3n) is 7.67. The van der Waals surface area contributed by atoms with Crippen LogP contribution in [0.1, 0.15) is 43.2 Å². The van der Waals surface area contributed by atoms with Gasteiger partial charge >= 0.3 is 11.9 Å². The topological polar surface area (TPSA) is 262 Å². The summed E-state index contributed by atoms with van der Waals surface area (Å²) in [5, 5.41) is 69.7. The Morgan fingerprint density at radius 1 is 0.636 bits per heavy atom. The van der Waals surface area contributed by atoms with Crippen molar-refractivity contribution in [3.63, 3.8) is 0 Å². The van der Waals surface area contributed by atoms with E-state index in [1.165, 1.54) is 21.8 Å². The largest absolute Gasteiger partial charge is 0.493 e. The molecule has 2 aromatic heterocycles. The van der Waals surface area contributed by atoms with Crippen molar-refractivity contribution in [2.45, 2.75) is 13.8 Å². The van der Waals surface area contributed by atoms with E-state index in [0.717, 1.165) is 36.4 Å². The van der Waals surface area contributed by atoms with Gasteiger partial charge in [-0.15, -0.1) is 0 Å². The van der Waals surface area contributed by atoms with E-state index in [1.807, 2.05) is 12.1 Å². The molecule has 6 rings (SSSR count). The average molecular weight is 792 g/mol. The molecule has 1 radical (unpaired) electrons. The van der Waals surface area contributed by atoms with Gasteiger partial charge in [0.25, 0.3) is 11.4 Å². The SMILES string of the molecule is Cc1nn(-c2ccccc2)c(O)c1C=Nc1cc([N+](=O)[O-])ccc1C(=O)O.Cc1nn(-c2ccccc2)c(O)c1C=Nc1cc([N+](=O)[O-])ccc1C(=O)O.[Co]. The Kier molecular flexibility index (Phi) is 12.7. The van der Waals surface area contributed by atoms with Crippen molar-refractivity contribution in [1.82, 2.24) is 19.6 Å². The molecule has 6 aromatic rings. The minimum atomic E-state index is -1.27. The van der Waals surface area contributed by atoms with Gasteiger partial charge < -0.3 is 20.4 Å². The molecule has 4 aromatic carbocycles. The third kappa shape index (κ3) is 9.11. The van der Waals surface area contributed by atoms with Gasteiger partial charge in [0.15, 0.2) is 0 Å². The third-order valence-corrected chi connectivity index (χ3v) is 7.67. The second kappa shape index (κ2) is 17.3. The number of benzene rings is 4. The number of aromatic hydroxyl groups is 2. The van der Waals surface area contributed by atoms with Crippen LogP contribution in [0.15, 0.2) is 107 Å². The van der Waals surface area contributed by atoms with Crippen molar-refractivity contribution in [3.8, 4) is 23.1 Å². The van der Waals surface area contributed by atoms with E-state index in [0.29, 0.717) is 22.8 Å². The summed E-state index contributed by atoms with van der Waals surface area (Å²) in [5.74, 6) is -2.88. The van der Waals surface area contributed by atoms with E-state index < -0.39 is 21.8 Å².